The van der Waals surface area contributed by atoms with E-state index < -0.39 is 0 Å². The molecular weight excluding hydrogens is 206 g/mol. The Balaban J connectivity index is 2.03. The number of nitrogens with one attached hydrogen (secondary N) is 1. The molecule has 3 atom stereocenters. The molecule has 3 rings (SSSR count). The average molecular weight is 229 g/mol. The van der Waals surface area contributed by atoms with E-state index in [1.165, 1.54) is 30.5 Å². The van der Waals surface area contributed by atoms with Crippen LogP contribution in [0.2, 0.25) is 0 Å². The average Bonchev–Trinajstić information content (AvgIpc) is 2.28. The summed E-state index contributed by atoms with van der Waals surface area (Å²) < 4.78 is 0. The van der Waals surface area contributed by atoms with E-state index in [-0.39, 0.29) is 0 Å². The number of hydrogen-bond donors (Lipinski definition) is 1. The van der Waals surface area contributed by atoms with Crippen LogP contribution in [0.5, 0.6) is 0 Å². The van der Waals surface area contributed by atoms with Crippen molar-refractivity contribution in [2.24, 2.45) is 11.8 Å². The quantitative estimate of drug-likeness (QED) is 0.703. The predicted octanol–water partition coefficient (Wildman–Crippen LogP) is 4.19. The van der Waals surface area contributed by atoms with Crippen LogP contribution < -0.4 is 5.32 Å². The van der Waals surface area contributed by atoms with Crippen molar-refractivity contribution in [1.82, 2.24) is 0 Å². The van der Waals surface area contributed by atoms with Crippen LogP contribution >= 0.6 is 0 Å². The molecule has 0 aromatic heterocycles. The van der Waals surface area contributed by atoms with Gasteiger partial charge < -0.3 is 5.32 Å². The van der Waals surface area contributed by atoms with Crippen LogP contribution in [-0.2, 0) is 5.41 Å². The second kappa shape index (κ2) is 3.76. The summed E-state index contributed by atoms with van der Waals surface area (Å²) in [4.78, 5) is 0. The van der Waals surface area contributed by atoms with Gasteiger partial charge in [-0.05, 0) is 41.7 Å². The van der Waals surface area contributed by atoms with Crippen molar-refractivity contribution in [3.63, 3.8) is 0 Å². The van der Waals surface area contributed by atoms with Gasteiger partial charge in [0.05, 0.1) is 0 Å². The van der Waals surface area contributed by atoms with Gasteiger partial charge in [0.2, 0.25) is 0 Å². The van der Waals surface area contributed by atoms with E-state index >= 15 is 0 Å². The molecule has 1 aliphatic carbocycles. The second-order valence-corrected chi connectivity index (χ2v) is 6.54. The van der Waals surface area contributed by atoms with Crippen LogP contribution in [0.4, 0.5) is 5.69 Å². The number of para-hydroxylation sites is 1. The topological polar surface area (TPSA) is 12.0 Å². The first kappa shape index (κ1) is 11.1. The van der Waals surface area contributed by atoms with E-state index in [9.17, 15) is 0 Å². The van der Waals surface area contributed by atoms with E-state index in [0.717, 1.165) is 11.8 Å². The summed E-state index contributed by atoms with van der Waals surface area (Å²) in [6, 6.07) is 9.55. The summed E-state index contributed by atoms with van der Waals surface area (Å²) in [6.45, 7) is 7.26. The summed E-state index contributed by atoms with van der Waals surface area (Å²) in [5.74, 6) is 1.68. The molecule has 1 fully saturated rings. The summed E-state index contributed by atoms with van der Waals surface area (Å²) in [5.41, 5.74) is 3.20. The summed E-state index contributed by atoms with van der Waals surface area (Å²) in [7, 11) is 0. The zero-order chi connectivity index (χ0) is 12.0. The first-order chi connectivity index (χ1) is 8.09. The van der Waals surface area contributed by atoms with Crippen LogP contribution in [0.1, 0.15) is 45.6 Å². The van der Waals surface area contributed by atoms with Crippen molar-refractivity contribution in [3.05, 3.63) is 29.8 Å². The van der Waals surface area contributed by atoms with Crippen LogP contribution in [-0.4, -0.2) is 6.04 Å². The van der Waals surface area contributed by atoms with E-state index in [4.69, 9.17) is 0 Å². The van der Waals surface area contributed by atoms with Gasteiger partial charge in [-0.25, -0.2) is 0 Å². The molecular formula is C16H23N. The van der Waals surface area contributed by atoms with E-state index in [0.29, 0.717) is 11.5 Å². The molecule has 0 bridgehead atoms. The number of rotatable bonds is 0. The van der Waals surface area contributed by atoms with Crippen LogP contribution in [0.15, 0.2) is 24.3 Å². The lowest BCUT2D eigenvalue weighted by atomic mass is 9.61. The third-order valence-corrected chi connectivity index (χ3v) is 5.00. The maximum absolute atomic E-state index is 3.78. The minimum Gasteiger partial charge on any atom is -0.382 e. The molecule has 1 aliphatic heterocycles. The van der Waals surface area contributed by atoms with E-state index in [1.807, 2.05) is 0 Å². The van der Waals surface area contributed by atoms with Crippen molar-refractivity contribution in [2.75, 3.05) is 5.32 Å². The molecule has 1 aromatic carbocycles. The van der Waals surface area contributed by atoms with Crippen molar-refractivity contribution in [1.29, 1.82) is 0 Å². The molecule has 1 saturated carbocycles. The van der Waals surface area contributed by atoms with Gasteiger partial charge in [0.1, 0.15) is 0 Å². The first-order valence-corrected chi connectivity index (χ1v) is 6.95. The molecule has 0 spiro atoms. The molecule has 0 amide bonds. The zero-order valence-electron chi connectivity index (χ0n) is 11.2. The molecule has 1 aromatic rings. The molecule has 1 nitrogen and oxygen atoms in total. The Morgan fingerprint density at radius 3 is 2.76 bits per heavy atom. The van der Waals surface area contributed by atoms with Gasteiger partial charge in [0, 0.05) is 11.7 Å². The molecule has 1 heterocycles. The van der Waals surface area contributed by atoms with Gasteiger partial charge in [0.15, 0.2) is 0 Å². The molecule has 2 aliphatic rings. The second-order valence-electron chi connectivity index (χ2n) is 6.54. The zero-order valence-corrected chi connectivity index (χ0v) is 11.2. The third kappa shape index (κ3) is 1.67. The van der Waals surface area contributed by atoms with Gasteiger partial charge in [-0.1, -0.05) is 45.4 Å². The summed E-state index contributed by atoms with van der Waals surface area (Å²) >= 11 is 0. The lowest BCUT2D eigenvalue weighted by molar-refractivity contribution is 0.174. The smallest absolute Gasteiger partial charge is 0.0380 e. The minimum atomic E-state index is 0.326. The Kier molecular flexibility index (Phi) is 2.46. The largest absolute Gasteiger partial charge is 0.382 e. The van der Waals surface area contributed by atoms with Gasteiger partial charge in [-0.15, -0.1) is 0 Å². The standard InChI is InChI=1S/C16H23N/c1-11-8-9-13-15(10-11)17-14-7-5-4-6-12(14)16(13,2)3/h4-7,11,13,15,17H,8-10H2,1-3H3/t11-,13+,15-/m1/s1. The Hall–Kier alpha value is -0.980. The molecule has 17 heavy (non-hydrogen) atoms. The van der Waals surface area contributed by atoms with E-state index in [1.54, 1.807) is 0 Å². The van der Waals surface area contributed by atoms with Crippen LogP contribution in [0.3, 0.4) is 0 Å². The van der Waals surface area contributed by atoms with Gasteiger partial charge in [-0.3, -0.25) is 0 Å². The van der Waals surface area contributed by atoms with Gasteiger partial charge >= 0.3 is 0 Å². The summed E-state index contributed by atoms with van der Waals surface area (Å²) in [5, 5.41) is 3.78. The Labute approximate surface area is 105 Å². The highest BCUT2D eigenvalue weighted by Gasteiger charge is 2.44. The number of fused-ring (bicyclic) bond motifs is 2. The fourth-order valence-corrected chi connectivity index (χ4v) is 3.97. The van der Waals surface area contributed by atoms with E-state index in [2.05, 4.69) is 50.4 Å². The number of benzene rings is 1. The van der Waals surface area contributed by atoms with Crippen LogP contribution in [0.25, 0.3) is 0 Å². The van der Waals surface area contributed by atoms with Crippen LogP contribution in [0, 0.1) is 11.8 Å². The maximum atomic E-state index is 3.78. The summed E-state index contributed by atoms with van der Waals surface area (Å²) in [6.07, 6.45) is 4.11. The Morgan fingerprint density at radius 2 is 1.94 bits per heavy atom. The molecule has 0 radical (unpaired) electrons. The number of hydrogen-bond acceptors (Lipinski definition) is 1. The fourth-order valence-electron chi connectivity index (χ4n) is 3.97. The normalized spacial score (nSPS) is 34.4. The maximum Gasteiger partial charge on any atom is 0.0380 e. The van der Waals surface area contributed by atoms with Crippen molar-refractivity contribution >= 4 is 5.69 Å². The highest BCUT2D eigenvalue weighted by Crippen LogP contribution is 2.48. The lowest BCUT2D eigenvalue weighted by Gasteiger charge is -2.49. The molecule has 92 valence electrons. The molecule has 0 saturated heterocycles. The molecule has 1 heteroatoms. The SMILES string of the molecule is C[C@@H]1CC[C@H]2[C@@H](C1)Nc1ccccc1C2(C)C. The van der Waals surface area contributed by atoms with Gasteiger partial charge in [0.25, 0.3) is 0 Å². The van der Waals surface area contributed by atoms with Crippen molar-refractivity contribution in [3.8, 4) is 0 Å². The minimum absolute atomic E-state index is 0.326. The Bertz CT molecular complexity index is 421. The number of anilines is 1. The highest BCUT2D eigenvalue weighted by molar-refractivity contribution is 5.58. The molecule has 0 unspecified atom stereocenters. The Morgan fingerprint density at radius 1 is 1.18 bits per heavy atom. The monoisotopic (exact) mass is 229 g/mol. The van der Waals surface area contributed by atoms with Crippen molar-refractivity contribution < 1.29 is 0 Å². The first-order valence-electron chi connectivity index (χ1n) is 6.95. The third-order valence-electron chi connectivity index (χ3n) is 5.00. The highest BCUT2D eigenvalue weighted by atomic mass is 15.0. The fraction of sp³-hybridized carbons (Fsp3) is 0.625. The van der Waals surface area contributed by atoms with Gasteiger partial charge in [-0.2, -0.15) is 0 Å². The lowest BCUT2D eigenvalue weighted by Crippen LogP contribution is -2.48. The molecule has 1 N–H and O–H groups in total. The van der Waals surface area contributed by atoms with Crippen molar-refractivity contribution in [2.45, 2.75) is 51.5 Å². The predicted molar refractivity (Wildman–Crippen MR) is 73.4 cm³/mol.